The third-order valence-electron chi connectivity index (χ3n) is 6.25. The third-order valence-corrected chi connectivity index (χ3v) is 6.25. The van der Waals surface area contributed by atoms with Crippen LogP contribution < -0.4 is 0 Å². The Hall–Kier alpha value is -4.20. The third kappa shape index (κ3) is 3.87. The number of aromatic nitrogens is 3. The van der Waals surface area contributed by atoms with Crippen LogP contribution in [0.2, 0.25) is 0 Å². The van der Waals surface area contributed by atoms with Crippen molar-refractivity contribution in [1.82, 2.24) is 14.8 Å². The second-order valence-corrected chi connectivity index (χ2v) is 8.51. The minimum absolute atomic E-state index is 0.630. The van der Waals surface area contributed by atoms with Gasteiger partial charge in [0.2, 0.25) is 0 Å². The van der Waals surface area contributed by atoms with Gasteiger partial charge >= 0.3 is 0 Å². The summed E-state index contributed by atoms with van der Waals surface area (Å²) in [7, 11) is 0. The first-order chi connectivity index (χ1) is 16.7. The van der Waals surface area contributed by atoms with E-state index < -0.39 is 5.54 Å². The van der Waals surface area contributed by atoms with Crippen LogP contribution in [0.5, 0.6) is 0 Å². The van der Waals surface area contributed by atoms with E-state index in [-0.39, 0.29) is 0 Å². The fourth-order valence-corrected chi connectivity index (χ4v) is 4.76. The number of allylic oxidation sites excluding steroid dienone is 5. The molecule has 0 atom stereocenters. The minimum Gasteiger partial charge on any atom is -0.251 e. The van der Waals surface area contributed by atoms with Gasteiger partial charge in [-0.25, -0.2) is 4.68 Å². The second-order valence-electron chi connectivity index (χ2n) is 8.51. The molecule has 166 valence electrons. The number of rotatable bonds is 5. The molecule has 0 spiro atoms. The molecule has 0 fully saturated rings. The molecule has 0 bridgehead atoms. The lowest BCUT2D eigenvalue weighted by Crippen LogP contribution is -2.40. The number of pyridine rings is 1. The number of hydrogen-bond donors (Lipinski definition) is 0. The molecule has 0 aliphatic heterocycles. The SMILES string of the molecule is Cc1cccc(-c2cc(C)n(C(/C3=C/C=C=C/C=C\C3)(c3ccccc3)c3ccccc3)n2)n1. The molecule has 2 heterocycles. The summed E-state index contributed by atoms with van der Waals surface area (Å²) < 4.78 is 2.18. The normalized spacial score (nSPS) is 15.9. The lowest BCUT2D eigenvalue weighted by molar-refractivity contribution is 0.435. The molecule has 3 heteroatoms. The highest BCUT2D eigenvalue weighted by Crippen LogP contribution is 2.43. The van der Waals surface area contributed by atoms with Gasteiger partial charge in [0.25, 0.3) is 0 Å². The van der Waals surface area contributed by atoms with Crippen molar-refractivity contribution in [2.75, 3.05) is 0 Å². The van der Waals surface area contributed by atoms with E-state index in [0.29, 0.717) is 0 Å². The van der Waals surface area contributed by atoms with Gasteiger partial charge in [-0.05, 0) is 67.3 Å². The summed E-state index contributed by atoms with van der Waals surface area (Å²) in [6.07, 6.45) is 11.2. The Morgan fingerprint density at radius 1 is 0.794 bits per heavy atom. The van der Waals surface area contributed by atoms with Crippen molar-refractivity contribution < 1.29 is 0 Å². The summed E-state index contributed by atoms with van der Waals surface area (Å²) in [5.74, 6) is 0. The maximum Gasteiger partial charge on any atom is 0.134 e. The van der Waals surface area contributed by atoms with Crippen molar-refractivity contribution >= 4 is 0 Å². The molecule has 0 saturated heterocycles. The summed E-state index contributed by atoms with van der Waals surface area (Å²) in [4.78, 5) is 4.74. The average Bonchev–Trinajstić information content (AvgIpc) is 3.24. The van der Waals surface area contributed by atoms with Gasteiger partial charge in [-0.15, -0.1) is 5.73 Å². The Labute approximate surface area is 201 Å². The highest BCUT2D eigenvalue weighted by Gasteiger charge is 2.41. The highest BCUT2D eigenvalue weighted by atomic mass is 15.3. The van der Waals surface area contributed by atoms with E-state index in [1.165, 1.54) is 5.57 Å². The molecule has 2 aromatic heterocycles. The van der Waals surface area contributed by atoms with Crippen LogP contribution in [-0.4, -0.2) is 14.8 Å². The van der Waals surface area contributed by atoms with E-state index in [2.05, 4.69) is 102 Å². The fourth-order valence-electron chi connectivity index (χ4n) is 4.76. The number of hydrogen-bond acceptors (Lipinski definition) is 2. The van der Waals surface area contributed by atoms with Crippen molar-refractivity contribution in [3.63, 3.8) is 0 Å². The maximum atomic E-state index is 5.22. The Bertz CT molecular complexity index is 1380. The molecular weight excluding hydrogens is 414 g/mol. The molecule has 0 saturated carbocycles. The van der Waals surface area contributed by atoms with Gasteiger partial charge in [-0.3, -0.25) is 4.98 Å². The molecule has 0 unspecified atom stereocenters. The zero-order chi connectivity index (χ0) is 23.4. The molecule has 3 nitrogen and oxygen atoms in total. The topological polar surface area (TPSA) is 30.7 Å². The number of nitrogens with zero attached hydrogens (tertiary/aromatic N) is 3. The molecule has 1 aliphatic rings. The smallest absolute Gasteiger partial charge is 0.134 e. The van der Waals surface area contributed by atoms with Crippen molar-refractivity contribution in [1.29, 1.82) is 0 Å². The van der Waals surface area contributed by atoms with Gasteiger partial charge in [0.15, 0.2) is 0 Å². The first kappa shape index (κ1) is 21.6. The standard InChI is InChI=1S/C31H27N3/c1-24-15-14-22-29(32-24)30-23-25(2)34(33-30)31(27-18-10-6-11-19-27,28-20-12-7-13-21-28)26-16-8-4-3-5-9-17-26/h3-4,6-15,17-23H,16H2,1-2H3/b8-4-,26-17+. The van der Waals surface area contributed by atoms with E-state index in [1.807, 2.05) is 37.3 Å². The lowest BCUT2D eigenvalue weighted by Gasteiger charge is -2.39. The molecule has 0 amide bonds. The first-order valence-electron chi connectivity index (χ1n) is 11.6. The van der Waals surface area contributed by atoms with Gasteiger partial charge < -0.3 is 0 Å². The van der Waals surface area contributed by atoms with Crippen LogP contribution in [-0.2, 0) is 5.54 Å². The molecule has 0 radical (unpaired) electrons. The van der Waals surface area contributed by atoms with E-state index in [1.54, 1.807) is 0 Å². The lowest BCUT2D eigenvalue weighted by atomic mass is 9.75. The van der Waals surface area contributed by atoms with Crippen LogP contribution in [0, 0.1) is 13.8 Å². The Morgan fingerprint density at radius 3 is 2.18 bits per heavy atom. The summed E-state index contributed by atoms with van der Waals surface area (Å²) >= 11 is 0. The van der Waals surface area contributed by atoms with Gasteiger partial charge in [0.1, 0.15) is 11.2 Å². The Morgan fingerprint density at radius 2 is 1.50 bits per heavy atom. The summed E-state index contributed by atoms with van der Waals surface area (Å²) in [6, 6.07) is 29.5. The van der Waals surface area contributed by atoms with Crippen LogP contribution in [0.4, 0.5) is 0 Å². The Kier molecular flexibility index (Phi) is 5.95. The molecule has 5 rings (SSSR count). The van der Waals surface area contributed by atoms with Crippen LogP contribution in [0.1, 0.15) is 28.9 Å². The first-order valence-corrected chi connectivity index (χ1v) is 11.6. The van der Waals surface area contributed by atoms with E-state index >= 15 is 0 Å². The molecule has 0 N–H and O–H groups in total. The van der Waals surface area contributed by atoms with E-state index in [0.717, 1.165) is 40.3 Å². The van der Waals surface area contributed by atoms with Crippen LogP contribution in [0.15, 0.2) is 127 Å². The van der Waals surface area contributed by atoms with Gasteiger partial charge in [0.05, 0.1) is 5.69 Å². The summed E-state index contributed by atoms with van der Waals surface area (Å²) in [5.41, 5.74) is 9.95. The van der Waals surface area contributed by atoms with Crippen molar-refractivity contribution in [3.05, 3.63) is 149 Å². The molecule has 4 aromatic rings. The zero-order valence-corrected chi connectivity index (χ0v) is 19.5. The van der Waals surface area contributed by atoms with Gasteiger partial charge in [0, 0.05) is 11.4 Å². The van der Waals surface area contributed by atoms with Crippen molar-refractivity contribution in [3.8, 4) is 11.4 Å². The average molecular weight is 442 g/mol. The van der Waals surface area contributed by atoms with E-state index in [9.17, 15) is 0 Å². The number of benzene rings is 2. The maximum absolute atomic E-state index is 5.22. The fraction of sp³-hybridized carbons (Fsp3) is 0.129. The van der Waals surface area contributed by atoms with Crippen LogP contribution in [0.3, 0.4) is 0 Å². The predicted molar refractivity (Wildman–Crippen MR) is 138 cm³/mol. The van der Waals surface area contributed by atoms with Gasteiger partial charge in [-0.2, -0.15) is 5.10 Å². The molecule has 1 aliphatic carbocycles. The van der Waals surface area contributed by atoms with E-state index in [4.69, 9.17) is 10.1 Å². The summed E-state index contributed by atoms with van der Waals surface area (Å²) in [5, 5.41) is 5.22. The zero-order valence-electron chi connectivity index (χ0n) is 19.5. The predicted octanol–water partition coefficient (Wildman–Crippen LogP) is 6.95. The number of aryl methyl sites for hydroxylation is 2. The van der Waals surface area contributed by atoms with Crippen LogP contribution in [0.25, 0.3) is 11.4 Å². The second kappa shape index (κ2) is 9.35. The molecular formula is C31H27N3. The summed E-state index contributed by atoms with van der Waals surface area (Å²) in [6.45, 7) is 4.14. The quantitative estimate of drug-likeness (QED) is 0.314. The Balaban J connectivity index is 1.85. The van der Waals surface area contributed by atoms with Gasteiger partial charge in [-0.1, -0.05) is 85.0 Å². The van der Waals surface area contributed by atoms with Crippen molar-refractivity contribution in [2.45, 2.75) is 25.8 Å². The minimum atomic E-state index is -0.630. The van der Waals surface area contributed by atoms with Crippen LogP contribution >= 0.6 is 0 Å². The largest absolute Gasteiger partial charge is 0.251 e. The molecule has 2 aromatic carbocycles. The molecule has 34 heavy (non-hydrogen) atoms. The highest BCUT2D eigenvalue weighted by molar-refractivity contribution is 5.57. The monoisotopic (exact) mass is 441 g/mol. The van der Waals surface area contributed by atoms with Crippen molar-refractivity contribution in [2.24, 2.45) is 0 Å².